The number of rotatable bonds is 8. The molecule has 0 saturated heterocycles. The van der Waals surface area contributed by atoms with Crippen LogP contribution < -0.4 is 15.1 Å². The Hall–Kier alpha value is -2.63. The Morgan fingerprint density at radius 2 is 1.50 bits per heavy atom. The van der Waals surface area contributed by atoms with Crippen LogP contribution in [0.4, 0.5) is 17.3 Å². The van der Waals surface area contributed by atoms with Gasteiger partial charge in [0.1, 0.15) is 5.69 Å². The van der Waals surface area contributed by atoms with Gasteiger partial charge in [-0.1, -0.05) is 0 Å². The molecule has 0 aliphatic carbocycles. The van der Waals surface area contributed by atoms with Crippen molar-refractivity contribution in [2.45, 2.75) is 34.6 Å². The summed E-state index contributed by atoms with van der Waals surface area (Å²) in [6.45, 7) is 13.7. The Labute approximate surface area is 156 Å². The summed E-state index contributed by atoms with van der Waals surface area (Å²) >= 11 is 0. The lowest BCUT2D eigenvalue weighted by Crippen LogP contribution is -2.26. The first kappa shape index (κ1) is 19.7. The van der Waals surface area contributed by atoms with Gasteiger partial charge in [0.05, 0.1) is 0 Å². The van der Waals surface area contributed by atoms with E-state index in [4.69, 9.17) is 0 Å². The minimum absolute atomic E-state index is 0.223. The van der Waals surface area contributed by atoms with Crippen molar-refractivity contribution in [1.29, 1.82) is 0 Å². The molecule has 2 rings (SSSR count). The molecule has 0 unspecified atom stereocenters. The van der Waals surface area contributed by atoms with E-state index >= 15 is 0 Å². The molecule has 0 spiro atoms. The first-order chi connectivity index (χ1) is 12.5. The molecule has 0 fully saturated rings. The second-order valence-electron chi connectivity index (χ2n) is 6.04. The zero-order valence-electron chi connectivity index (χ0n) is 16.4. The summed E-state index contributed by atoms with van der Waals surface area (Å²) in [5, 5.41) is 2.92. The number of amides is 1. The van der Waals surface area contributed by atoms with Crippen molar-refractivity contribution in [3.63, 3.8) is 0 Å². The number of anilines is 3. The van der Waals surface area contributed by atoms with Crippen LogP contribution in [-0.4, -0.2) is 42.1 Å². The van der Waals surface area contributed by atoms with Gasteiger partial charge in [-0.2, -0.15) is 0 Å². The Morgan fingerprint density at radius 1 is 0.923 bits per heavy atom. The van der Waals surface area contributed by atoms with Gasteiger partial charge in [-0.3, -0.25) is 4.79 Å². The molecule has 6 nitrogen and oxygen atoms in total. The van der Waals surface area contributed by atoms with Crippen LogP contribution in [-0.2, 0) is 0 Å². The van der Waals surface area contributed by atoms with Crippen LogP contribution in [0.3, 0.4) is 0 Å². The Balaban J connectivity index is 2.17. The van der Waals surface area contributed by atoms with E-state index in [0.717, 1.165) is 43.2 Å². The highest BCUT2D eigenvalue weighted by molar-refractivity contribution is 6.03. The molecule has 0 atom stereocenters. The van der Waals surface area contributed by atoms with Crippen LogP contribution in [0.25, 0.3) is 0 Å². The molecule has 0 saturated carbocycles. The molecule has 1 aromatic carbocycles. The second kappa shape index (κ2) is 9.17. The van der Waals surface area contributed by atoms with Gasteiger partial charge in [0.25, 0.3) is 5.91 Å². The number of aromatic nitrogens is 2. The van der Waals surface area contributed by atoms with Gasteiger partial charge in [-0.05, 0) is 65.0 Å². The molecule has 1 N–H and O–H groups in total. The predicted molar refractivity (Wildman–Crippen MR) is 108 cm³/mol. The summed E-state index contributed by atoms with van der Waals surface area (Å²) in [5.41, 5.74) is 3.07. The van der Waals surface area contributed by atoms with Gasteiger partial charge < -0.3 is 15.1 Å². The van der Waals surface area contributed by atoms with Crippen LogP contribution in [0.5, 0.6) is 0 Å². The standard InChI is InChI=1S/C20H29N5O/c1-6-24(7-2)17-12-10-16(11-13-17)22-19(26)18-14-15(5)21-20(23-18)25(8-3)9-4/h10-14H,6-9H2,1-5H3,(H,22,26). The van der Waals surface area contributed by atoms with E-state index in [2.05, 4.69) is 34.0 Å². The number of benzene rings is 1. The monoisotopic (exact) mass is 355 g/mol. The topological polar surface area (TPSA) is 61.4 Å². The number of hydrogen-bond donors (Lipinski definition) is 1. The molecule has 1 amide bonds. The molecule has 26 heavy (non-hydrogen) atoms. The van der Waals surface area contributed by atoms with Crippen LogP contribution in [0.1, 0.15) is 43.9 Å². The molecule has 0 bridgehead atoms. The van der Waals surface area contributed by atoms with Crippen LogP contribution in [0.15, 0.2) is 30.3 Å². The average molecular weight is 355 g/mol. The van der Waals surface area contributed by atoms with Gasteiger partial charge in [0, 0.05) is 43.2 Å². The van der Waals surface area contributed by atoms with Crippen molar-refractivity contribution in [3.05, 3.63) is 41.7 Å². The zero-order chi connectivity index (χ0) is 19.1. The van der Waals surface area contributed by atoms with Crippen molar-refractivity contribution in [2.75, 3.05) is 41.3 Å². The van der Waals surface area contributed by atoms with E-state index in [1.54, 1.807) is 6.07 Å². The predicted octanol–water partition coefficient (Wildman–Crippen LogP) is 3.73. The normalized spacial score (nSPS) is 10.5. The lowest BCUT2D eigenvalue weighted by molar-refractivity contribution is 0.102. The molecule has 1 heterocycles. The minimum Gasteiger partial charge on any atom is -0.372 e. The van der Waals surface area contributed by atoms with Gasteiger partial charge in [0.15, 0.2) is 0 Å². The first-order valence-electron chi connectivity index (χ1n) is 9.29. The summed E-state index contributed by atoms with van der Waals surface area (Å²) in [6, 6.07) is 9.60. The van der Waals surface area contributed by atoms with Gasteiger partial charge in [-0.15, -0.1) is 0 Å². The third kappa shape index (κ3) is 4.71. The molecule has 0 aliphatic rings. The summed E-state index contributed by atoms with van der Waals surface area (Å²) in [4.78, 5) is 25.8. The fraction of sp³-hybridized carbons (Fsp3) is 0.450. The second-order valence-corrected chi connectivity index (χ2v) is 6.04. The average Bonchev–Trinajstić information content (AvgIpc) is 2.64. The highest BCUT2D eigenvalue weighted by atomic mass is 16.1. The van der Waals surface area contributed by atoms with E-state index in [9.17, 15) is 4.79 Å². The molecule has 2 aromatic rings. The summed E-state index contributed by atoms with van der Waals surface area (Å²) in [7, 11) is 0. The molecular weight excluding hydrogens is 326 g/mol. The third-order valence-electron chi connectivity index (χ3n) is 4.38. The van der Waals surface area contributed by atoms with Gasteiger partial charge >= 0.3 is 0 Å². The number of aryl methyl sites for hydroxylation is 1. The van der Waals surface area contributed by atoms with Gasteiger partial charge in [0.2, 0.25) is 5.95 Å². The number of nitrogens with zero attached hydrogens (tertiary/aromatic N) is 4. The maximum absolute atomic E-state index is 12.6. The van der Waals surface area contributed by atoms with Crippen LogP contribution in [0.2, 0.25) is 0 Å². The van der Waals surface area contributed by atoms with Crippen molar-refractivity contribution in [2.24, 2.45) is 0 Å². The SMILES string of the molecule is CCN(CC)c1ccc(NC(=O)c2cc(C)nc(N(CC)CC)n2)cc1. The fourth-order valence-electron chi connectivity index (χ4n) is 2.86. The maximum Gasteiger partial charge on any atom is 0.274 e. The van der Waals surface area contributed by atoms with Crippen molar-refractivity contribution in [3.8, 4) is 0 Å². The molecule has 0 radical (unpaired) electrons. The van der Waals surface area contributed by atoms with Crippen molar-refractivity contribution < 1.29 is 4.79 Å². The quantitative estimate of drug-likeness (QED) is 0.782. The molecular formula is C20H29N5O. The smallest absolute Gasteiger partial charge is 0.274 e. The number of carbonyl (C=O) groups excluding carboxylic acids is 1. The molecule has 6 heteroatoms. The Bertz CT molecular complexity index is 721. The lowest BCUT2D eigenvalue weighted by atomic mass is 10.2. The van der Waals surface area contributed by atoms with Crippen LogP contribution >= 0.6 is 0 Å². The summed E-state index contributed by atoms with van der Waals surface area (Å²) in [5.74, 6) is 0.372. The number of carbonyl (C=O) groups is 1. The van der Waals surface area contributed by atoms with E-state index in [1.807, 2.05) is 49.9 Å². The minimum atomic E-state index is -0.223. The Kier molecular flexibility index (Phi) is 6.95. The molecule has 1 aromatic heterocycles. The highest BCUT2D eigenvalue weighted by Crippen LogP contribution is 2.18. The fourth-order valence-corrected chi connectivity index (χ4v) is 2.86. The summed E-state index contributed by atoms with van der Waals surface area (Å²) < 4.78 is 0. The van der Waals surface area contributed by atoms with Gasteiger partial charge in [-0.25, -0.2) is 9.97 Å². The largest absolute Gasteiger partial charge is 0.372 e. The lowest BCUT2D eigenvalue weighted by Gasteiger charge is -2.21. The molecule has 0 aliphatic heterocycles. The highest BCUT2D eigenvalue weighted by Gasteiger charge is 2.14. The van der Waals surface area contributed by atoms with E-state index in [0.29, 0.717) is 11.6 Å². The van der Waals surface area contributed by atoms with E-state index in [1.165, 1.54) is 0 Å². The summed E-state index contributed by atoms with van der Waals surface area (Å²) in [6.07, 6.45) is 0. The van der Waals surface area contributed by atoms with Crippen LogP contribution in [0, 0.1) is 6.92 Å². The van der Waals surface area contributed by atoms with E-state index < -0.39 is 0 Å². The first-order valence-corrected chi connectivity index (χ1v) is 9.29. The maximum atomic E-state index is 12.6. The van der Waals surface area contributed by atoms with Crippen molar-refractivity contribution >= 4 is 23.2 Å². The van der Waals surface area contributed by atoms with Crippen molar-refractivity contribution in [1.82, 2.24) is 9.97 Å². The number of hydrogen-bond acceptors (Lipinski definition) is 5. The Morgan fingerprint density at radius 3 is 2.04 bits per heavy atom. The number of nitrogens with one attached hydrogen (secondary N) is 1. The zero-order valence-corrected chi connectivity index (χ0v) is 16.4. The van der Waals surface area contributed by atoms with E-state index in [-0.39, 0.29) is 5.91 Å². The molecule has 140 valence electrons. The third-order valence-corrected chi connectivity index (χ3v) is 4.38.